The SMILES string of the molecule is Cc1ccc(CN(CC(=O)Nc2ccccc2C(F)(F)F)S(C)(=O)=O)cc1. The number of sulfonamides is 1. The molecule has 0 fully saturated rings. The molecule has 1 amide bonds. The molecule has 0 saturated carbocycles. The molecule has 0 aromatic heterocycles. The zero-order chi connectivity index (χ0) is 20.2. The van der Waals surface area contributed by atoms with Crippen LogP contribution in [0.15, 0.2) is 48.5 Å². The number of benzene rings is 2. The summed E-state index contributed by atoms with van der Waals surface area (Å²) in [5.41, 5.74) is 0.238. The second-order valence-corrected chi connectivity index (χ2v) is 8.09. The third kappa shape index (κ3) is 6.07. The Morgan fingerprint density at radius 2 is 1.67 bits per heavy atom. The second kappa shape index (κ2) is 8.10. The molecule has 0 radical (unpaired) electrons. The summed E-state index contributed by atoms with van der Waals surface area (Å²) in [4.78, 5) is 12.2. The van der Waals surface area contributed by atoms with Crippen LogP contribution in [-0.4, -0.2) is 31.4 Å². The smallest absolute Gasteiger partial charge is 0.324 e. The molecule has 0 atom stereocenters. The first-order chi connectivity index (χ1) is 12.5. The minimum absolute atomic E-state index is 0.0621. The van der Waals surface area contributed by atoms with Crippen molar-refractivity contribution in [2.45, 2.75) is 19.6 Å². The van der Waals surface area contributed by atoms with Crippen LogP contribution in [0, 0.1) is 6.92 Å². The fourth-order valence-electron chi connectivity index (χ4n) is 2.38. The van der Waals surface area contributed by atoms with E-state index in [1.807, 2.05) is 6.92 Å². The summed E-state index contributed by atoms with van der Waals surface area (Å²) in [5.74, 6) is -0.857. The van der Waals surface area contributed by atoms with Gasteiger partial charge in [-0.05, 0) is 24.6 Å². The molecule has 0 spiro atoms. The minimum atomic E-state index is -4.64. The highest BCUT2D eigenvalue weighted by molar-refractivity contribution is 7.88. The van der Waals surface area contributed by atoms with Gasteiger partial charge in [-0.2, -0.15) is 17.5 Å². The molecule has 0 saturated heterocycles. The molecule has 0 heterocycles. The van der Waals surface area contributed by atoms with Gasteiger partial charge in [0.1, 0.15) is 0 Å². The van der Waals surface area contributed by atoms with E-state index < -0.39 is 39.9 Å². The summed E-state index contributed by atoms with van der Waals surface area (Å²) in [6.45, 7) is 1.22. The monoisotopic (exact) mass is 400 g/mol. The van der Waals surface area contributed by atoms with Gasteiger partial charge in [-0.15, -0.1) is 0 Å². The number of carbonyl (C=O) groups excluding carboxylic acids is 1. The number of hydrogen-bond acceptors (Lipinski definition) is 3. The van der Waals surface area contributed by atoms with E-state index >= 15 is 0 Å². The fraction of sp³-hybridized carbons (Fsp3) is 0.278. The van der Waals surface area contributed by atoms with E-state index in [-0.39, 0.29) is 6.54 Å². The van der Waals surface area contributed by atoms with Gasteiger partial charge in [0, 0.05) is 6.54 Å². The molecule has 0 unspecified atom stereocenters. The maximum absolute atomic E-state index is 13.0. The summed E-state index contributed by atoms with van der Waals surface area (Å²) < 4.78 is 63.9. The Kier molecular flexibility index (Phi) is 6.27. The van der Waals surface area contributed by atoms with E-state index in [1.54, 1.807) is 24.3 Å². The predicted octanol–water partition coefficient (Wildman–Crippen LogP) is 3.41. The largest absolute Gasteiger partial charge is 0.418 e. The first-order valence-electron chi connectivity index (χ1n) is 7.93. The summed E-state index contributed by atoms with van der Waals surface area (Å²) in [6.07, 6.45) is -3.69. The average molecular weight is 400 g/mol. The number of nitrogens with zero attached hydrogens (tertiary/aromatic N) is 1. The molecule has 146 valence electrons. The van der Waals surface area contributed by atoms with Crippen LogP contribution in [0.4, 0.5) is 18.9 Å². The molecule has 5 nitrogen and oxygen atoms in total. The number of hydrogen-bond donors (Lipinski definition) is 1. The van der Waals surface area contributed by atoms with Crippen molar-refractivity contribution in [2.75, 3.05) is 18.1 Å². The van der Waals surface area contributed by atoms with Crippen LogP contribution in [0.25, 0.3) is 0 Å². The molecule has 0 bridgehead atoms. The zero-order valence-electron chi connectivity index (χ0n) is 14.7. The second-order valence-electron chi connectivity index (χ2n) is 6.11. The number of para-hydroxylation sites is 1. The fourth-order valence-corrected chi connectivity index (χ4v) is 3.11. The van der Waals surface area contributed by atoms with Gasteiger partial charge >= 0.3 is 6.18 Å². The van der Waals surface area contributed by atoms with Crippen molar-refractivity contribution in [1.82, 2.24) is 4.31 Å². The van der Waals surface area contributed by atoms with Crippen molar-refractivity contribution < 1.29 is 26.4 Å². The number of rotatable bonds is 6. The Morgan fingerprint density at radius 1 is 1.07 bits per heavy atom. The predicted molar refractivity (Wildman–Crippen MR) is 96.5 cm³/mol. The molecular weight excluding hydrogens is 381 g/mol. The molecule has 2 rings (SSSR count). The lowest BCUT2D eigenvalue weighted by atomic mass is 10.1. The maximum Gasteiger partial charge on any atom is 0.418 e. The van der Waals surface area contributed by atoms with Crippen LogP contribution in [0.3, 0.4) is 0 Å². The molecule has 2 aromatic carbocycles. The van der Waals surface area contributed by atoms with Crippen molar-refractivity contribution in [3.63, 3.8) is 0 Å². The Morgan fingerprint density at radius 3 is 2.22 bits per heavy atom. The standard InChI is InChI=1S/C18H19F3N2O3S/c1-13-7-9-14(10-8-13)11-23(27(2,25)26)12-17(24)22-16-6-4-3-5-15(16)18(19,20)21/h3-10H,11-12H2,1-2H3,(H,22,24). The highest BCUT2D eigenvalue weighted by atomic mass is 32.2. The van der Waals surface area contributed by atoms with Gasteiger partial charge in [0.25, 0.3) is 0 Å². The lowest BCUT2D eigenvalue weighted by Gasteiger charge is -2.20. The van der Waals surface area contributed by atoms with Gasteiger partial charge in [-0.1, -0.05) is 42.0 Å². The summed E-state index contributed by atoms with van der Waals surface area (Å²) in [5, 5.41) is 2.15. The minimum Gasteiger partial charge on any atom is -0.324 e. The van der Waals surface area contributed by atoms with Crippen LogP contribution >= 0.6 is 0 Å². The lowest BCUT2D eigenvalue weighted by Crippen LogP contribution is -2.37. The topological polar surface area (TPSA) is 66.5 Å². The van der Waals surface area contributed by atoms with E-state index in [0.717, 1.165) is 28.3 Å². The number of amides is 1. The molecule has 0 aliphatic heterocycles. The molecule has 1 N–H and O–H groups in total. The van der Waals surface area contributed by atoms with E-state index in [1.165, 1.54) is 12.1 Å². The number of alkyl halides is 3. The highest BCUT2D eigenvalue weighted by Crippen LogP contribution is 2.34. The number of anilines is 1. The zero-order valence-corrected chi connectivity index (χ0v) is 15.6. The molecular formula is C18H19F3N2O3S. The van der Waals surface area contributed by atoms with Gasteiger partial charge in [0.2, 0.25) is 15.9 Å². The Bertz CT molecular complexity index is 910. The molecule has 2 aromatic rings. The Labute approximate surface area is 155 Å². The van der Waals surface area contributed by atoms with Gasteiger partial charge in [0.05, 0.1) is 24.1 Å². The Balaban J connectivity index is 2.17. The number of aryl methyl sites for hydroxylation is 1. The molecule has 27 heavy (non-hydrogen) atoms. The lowest BCUT2D eigenvalue weighted by molar-refractivity contribution is -0.137. The molecule has 9 heteroatoms. The number of halogens is 3. The third-order valence-electron chi connectivity index (χ3n) is 3.78. The quantitative estimate of drug-likeness (QED) is 0.808. The summed E-state index contributed by atoms with van der Waals surface area (Å²) >= 11 is 0. The van der Waals surface area contributed by atoms with Crippen molar-refractivity contribution in [1.29, 1.82) is 0 Å². The van der Waals surface area contributed by atoms with Gasteiger partial charge in [-0.3, -0.25) is 4.79 Å². The summed E-state index contributed by atoms with van der Waals surface area (Å²) in [7, 11) is -3.75. The van der Waals surface area contributed by atoms with Crippen LogP contribution < -0.4 is 5.32 Å². The molecule has 0 aliphatic carbocycles. The molecule has 0 aliphatic rings. The maximum atomic E-state index is 13.0. The van der Waals surface area contributed by atoms with Crippen LogP contribution in [0.5, 0.6) is 0 Å². The Hall–Kier alpha value is -2.39. The number of nitrogens with one attached hydrogen (secondary N) is 1. The number of carbonyl (C=O) groups is 1. The first-order valence-corrected chi connectivity index (χ1v) is 9.78. The van der Waals surface area contributed by atoms with Crippen LogP contribution in [0.2, 0.25) is 0 Å². The van der Waals surface area contributed by atoms with Gasteiger partial charge in [0.15, 0.2) is 0 Å². The van der Waals surface area contributed by atoms with Gasteiger partial charge < -0.3 is 5.32 Å². The van der Waals surface area contributed by atoms with Crippen molar-refractivity contribution in [3.05, 3.63) is 65.2 Å². The van der Waals surface area contributed by atoms with Crippen molar-refractivity contribution in [3.8, 4) is 0 Å². The first kappa shape index (κ1) is 20.9. The van der Waals surface area contributed by atoms with E-state index in [2.05, 4.69) is 5.32 Å². The highest BCUT2D eigenvalue weighted by Gasteiger charge is 2.33. The third-order valence-corrected chi connectivity index (χ3v) is 4.97. The van der Waals surface area contributed by atoms with Crippen LogP contribution in [0.1, 0.15) is 16.7 Å². The van der Waals surface area contributed by atoms with E-state index in [9.17, 15) is 26.4 Å². The van der Waals surface area contributed by atoms with Crippen molar-refractivity contribution in [2.24, 2.45) is 0 Å². The van der Waals surface area contributed by atoms with Crippen LogP contribution in [-0.2, 0) is 27.5 Å². The van der Waals surface area contributed by atoms with Crippen molar-refractivity contribution >= 4 is 21.6 Å². The average Bonchev–Trinajstić information content (AvgIpc) is 2.55. The summed E-state index contributed by atoms with van der Waals surface area (Å²) in [6, 6.07) is 11.6. The normalized spacial score (nSPS) is 12.2. The van der Waals surface area contributed by atoms with E-state index in [0.29, 0.717) is 5.56 Å². The van der Waals surface area contributed by atoms with Gasteiger partial charge in [-0.25, -0.2) is 8.42 Å². The van der Waals surface area contributed by atoms with E-state index in [4.69, 9.17) is 0 Å².